The van der Waals surface area contributed by atoms with Gasteiger partial charge in [-0.05, 0) is 25.3 Å². The molecule has 0 aliphatic heterocycles. The Balaban J connectivity index is 2.65. The van der Waals surface area contributed by atoms with Crippen LogP contribution in [0.3, 0.4) is 0 Å². The summed E-state index contributed by atoms with van der Waals surface area (Å²) in [6.45, 7) is 3.59. The van der Waals surface area contributed by atoms with E-state index >= 15 is 0 Å². The largest absolute Gasteiger partial charge is 0.390 e. The standard InChI is InChI=1S/C13H18O2/c1-3-13(2,15)10-12(14)11-8-6-4-5-7-9-11/h4-8,15H,3,9-10H2,1-2H3. The van der Waals surface area contributed by atoms with Gasteiger partial charge in [-0.25, -0.2) is 0 Å². The third-order valence-corrected chi connectivity index (χ3v) is 2.65. The SMILES string of the molecule is CCC(C)(O)CC(=O)C1=CC=CC=CC1. The van der Waals surface area contributed by atoms with E-state index in [0.29, 0.717) is 12.8 Å². The van der Waals surface area contributed by atoms with E-state index in [1.54, 1.807) is 6.92 Å². The van der Waals surface area contributed by atoms with Gasteiger partial charge < -0.3 is 5.11 Å². The fourth-order valence-electron chi connectivity index (χ4n) is 1.37. The Morgan fingerprint density at radius 2 is 2.20 bits per heavy atom. The first kappa shape index (κ1) is 11.9. The molecule has 1 rings (SSSR count). The van der Waals surface area contributed by atoms with Crippen LogP contribution in [0, 0.1) is 0 Å². The van der Waals surface area contributed by atoms with Gasteiger partial charge in [0.25, 0.3) is 0 Å². The second kappa shape index (κ2) is 5.08. The molecule has 15 heavy (non-hydrogen) atoms. The number of hydrogen-bond acceptors (Lipinski definition) is 2. The van der Waals surface area contributed by atoms with Crippen molar-refractivity contribution in [2.24, 2.45) is 0 Å². The minimum atomic E-state index is -0.877. The summed E-state index contributed by atoms with van der Waals surface area (Å²) in [5, 5.41) is 9.81. The lowest BCUT2D eigenvalue weighted by Gasteiger charge is -2.20. The Hall–Kier alpha value is -1.15. The van der Waals surface area contributed by atoms with E-state index in [9.17, 15) is 9.90 Å². The summed E-state index contributed by atoms with van der Waals surface area (Å²) in [6.07, 6.45) is 10.9. The molecule has 0 aromatic heterocycles. The number of aliphatic hydroxyl groups is 1. The maximum atomic E-state index is 11.8. The number of ketones is 1. The Kier molecular flexibility index (Phi) is 4.04. The van der Waals surface area contributed by atoms with Crippen LogP contribution in [0.5, 0.6) is 0 Å². The maximum absolute atomic E-state index is 11.8. The number of hydrogen-bond donors (Lipinski definition) is 1. The molecule has 0 saturated heterocycles. The van der Waals surface area contributed by atoms with Crippen molar-refractivity contribution >= 4 is 5.78 Å². The zero-order valence-corrected chi connectivity index (χ0v) is 9.36. The van der Waals surface area contributed by atoms with Crippen molar-refractivity contribution in [2.75, 3.05) is 0 Å². The minimum Gasteiger partial charge on any atom is -0.390 e. The predicted octanol–water partition coefficient (Wildman–Crippen LogP) is 2.55. The molecule has 0 spiro atoms. The topological polar surface area (TPSA) is 37.3 Å². The van der Waals surface area contributed by atoms with Crippen molar-refractivity contribution in [3.8, 4) is 0 Å². The van der Waals surface area contributed by atoms with Gasteiger partial charge >= 0.3 is 0 Å². The molecule has 2 nitrogen and oxygen atoms in total. The fraction of sp³-hybridized carbons (Fsp3) is 0.462. The molecule has 0 fully saturated rings. The van der Waals surface area contributed by atoms with Gasteiger partial charge in [-0.15, -0.1) is 0 Å². The molecular formula is C13H18O2. The molecule has 0 saturated carbocycles. The third kappa shape index (κ3) is 3.84. The molecule has 1 aliphatic rings. The van der Waals surface area contributed by atoms with E-state index in [4.69, 9.17) is 0 Å². The van der Waals surface area contributed by atoms with Crippen LogP contribution >= 0.6 is 0 Å². The molecule has 0 aromatic carbocycles. The number of carbonyl (C=O) groups excluding carboxylic acids is 1. The lowest BCUT2D eigenvalue weighted by molar-refractivity contribution is -0.119. The van der Waals surface area contributed by atoms with Crippen molar-refractivity contribution in [3.63, 3.8) is 0 Å². The van der Waals surface area contributed by atoms with Gasteiger partial charge in [-0.1, -0.05) is 37.3 Å². The first-order valence-electron chi connectivity index (χ1n) is 5.33. The highest BCUT2D eigenvalue weighted by Crippen LogP contribution is 2.19. The zero-order valence-electron chi connectivity index (χ0n) is 9.36. The van der Waals surface area contributed by atoms with E-state index < -0.39 is 5.60 Å². The molecular weight excluding hydrogens is 188 g/mol. The summed E-state index contributed by atoms with van der Waals surface area (Å²) in [4.78, 5) is 11.8. The van der Waals surface area contributed by atoms with Crippen LogP contribution in [0.25, 0.3) is 0 Å². The number of rotatable bonds is 4. The van der Waals surface area contributed by atoms with Crippen molar-refractivity contribution in [1.29, 1.82) is 0 Å². The lowest BCUT2D eigenvalue weighted by Crippen LogP contribution is -2.27. The van der Waals surface area contributed by atoms with Crippen molar-refractivity contribution in [2.45, 2.75) is 38.7 Å². The highest BCUT2D eigenvalue weighted by atomic mass is 16.3. The van der Waals surface area contributed by atoms with Crippen LogP contribution in [0.2, 0.25) is 0 Å². The quantitative estimate of drug-likeness (QED) is 0.767. The van der Waals surface area contributed by atoms with Crippen LogP contribution in [0.1, 0.15) is 33.1 Å². The number of carbonyl (C=O) groups is 1. The molecule has 1 N–H and O–H groups in total. The molecule has 82 valence electrons. The van der Waals surface area contributed by atoms with Crippen molar-refractivity contribution in [1.82, 2.24) is 0 Å². The summed E-state index contributed by atoms with van der Waals surface area (Å²) >= 11 is 0. The smallest absolute Gasteiger partial charge is 0.162 e. The minimum absolute atomic E-state index is 0.0399. The van der Waals surface area contributed by atoms with Crippen molar-refractivity contribution < 1.29 is 9.90 Å². The average Bonchev–Trinajstić information content (AvgIpc) is 2.45. The zero-order chi connectivity index (χ0) is 11.3. The van der Waals surface area contributed by atoms with Crippen LogP contribution in [0.4, 0.5) is 0 Å². The second-order valence-electron chi connectivity index (χ2n) is 4.16. The van der Waals surface area contributed by atoms with Gasteiger partial charge in [0.1, 0.15) is 0 Å². The first-order chi connectivity index (χ1) is 7.05. The number of Topliss-reactive ketones (excluding diaryl/α,β-unsaturated/α-hetero) is 1. The molecule has 1 unspecified atom stereocenters. The van der Waals surface area contributed by atoms with Gasteiger partial charge in [-0.3, -0.25) is 4.79 Å². The van der Waals surface area contributed by atoms with Crippen LogP contribution in [-0.4, -0.2) is 16.5 Å². The summed E-state index contributed by atoms with van der Waals surface area (Å²) in [5.74, 6) is 0.0399. The van der Waals surface area contributed by atoms with E-state index in [1.165, 1.54) is 0 Å². The van der Waals surface area contributed by atoms with E-state index in [1.807, 2.05) is 37.3 Å². The van der Waals surface area contributed by atoms with Gasteiger partial charge in [-0.2, -0.15) is 0 Å². The first-order valence-corrected chi connectivity index (χ1v) is 5.33. The monoisotopic (exact) mass is 206 g/mol. The molecule has 2 heteroatoms. The summed E-state index contributed by atoms with van der Waals surface area (Å²) in [7, 11) is 0. The second-order valence-corrected chi connectivity index (χ2v) is 4.16. The lowest BCUT2D eigenvalue weighted by atomic mass is 9.92. The molecule has 0 radical (unpaired) electrons. The summed E-state index contributed by atoms with van der Waals surface area (Å²) < 4.78 is 0. The normalized spacial score (nSPS) is 19.3. The van der Waals surface area contributed by atoms with Gasteiger partial charge in [0.05, 0.1) is 5.60 Å². The van der Waals surface area contributed by atoms with Gasteiger partial charge in [0.15, 0.2) is 5.78 Å². The fourth-order valence-corrected chi connectivity index (χ4v) is 1.37. The molecule has 0 heterocycles. The van der Waals surface area contributed by atoms with Crippen LogP contribution in [0.15, 0.2) is 36.0 Å². The molecule has 1 aliphatic carbocycles. The molecule has 0 bridgehead atoms. The molecule has 0 aromatic rings. The number of allylic oxidation sites excluding steroid dienone is 6. The van der Waals surface area contributed by atoms with E-state index in [2.05, 4.69) is 0 Å². The Labute approximate surface area is 91.0 Å². The molecule has 1 atom stereocenters. The van der Waals surface area contributed by atoms with E-state index in [0.717, 1.165) is 5.57 Å². The highest BCUT2D eigenvalue weighted by Gasteiger charge is 2.23. The van der Waals surface area contributed by atoms with Gasteiger partial charge in [0, 0.05) is 6.42 Å². The summed E-state index contributed by atoms with van der Waals surface area (Å²) in [5.41, 5.74) is -0.105. The summed E-state index contributed by atoms with van der Waals surface area (Å²) in [6, 6.07) is 0. The highest BCUT2D eigenvalue weighted by molar-refractivity contribution is 5.96. The average molecular weight is 206 g/mol. The maximum Gasteiger partial charge on any atom is 0.162 e. The van der Waals surface area contributed by atoms with Gasteiger partial charge in [0.2, 0.25) is 0 Å². The van der Waals surface area contributed by atoms with Crippen LogP contribution in [-0.2, 0) is 4.79 Å². The van der Waals surface area contributed by atoms with Crippen molar-refractivity contribution in [3.05, 3.63) is 36.0 Å². The molecule has 0 amide bonds. The van der Waals surface area contributed by atoms with Crippen LogP contribution < -0.4 is 0 Å². The predicted molar refractivity (Wildman–Crippen MR) is 61.5 cm³/mol. The third-order valence-electron chi connectivity index (χ3n) is 2.65. The Morgan fingerprint density at radius 1 is 1.47 bits per heavy atom. The Bertz CT molecular complexity index is 319. The van der Waals surface area contributed by atoms with E-state index in [-0.39, 0.29) is 12.2 Å². The Morgan fingerprint density at radius 3 is 2.87 bits per heavy atom.